The monoisotopic (exact) mass is 213 g/mol. The lowest BCUT2D eigenvalue weighted by atomic mass is 9.70. The predicted molar refractivity (Wildman–Crippen MR) is 59.8 cm³/mol. The highest BCUT2D eigenvalue weighted by Gasteiger charge is 2.52. The van der Waals surface area contributed by atoms with E-state index in [2.05, 4.69) is 0 Å². The van der Waals surface area contributed by atoms with E-state index in [1.807, 2.05) is 34.6 Å². The van der Waals surface area contributed by atoms with E-state index in [0.717, 1.165) is 12.8 Å². The summed E-state index contributed by atoms with van der Waals surface area (Å²) in [7, 11) is 0. The second-order valence-electron chi connectivity index (χ2n) is 5.24. The number of rotatable bonds is 2. The molecule has 0 aromatic rings. The number of hydrogen-bond donors (Lipinski definition) is 1. The molecular formula is C12H23NO2. The van der Waals surface area contributed by atoms with Gasteiger partial charge in [-0.2, -0.15) is 5.06 Å². The molecule has 88 valence electrons. The molecule has 3 unspecified atom stereocenters. The Labute approximate surface area is 92.4 Å². The normalized spacial score (nSPS) is 43.3. The lowest BCUT2D eigenvalue weighted by Crippen LogP contribution is -2.65. The van der Waals surface area contributed by atoms with Gasteiger partial charge in [-0.3, -0.25) is 4.79 Å². The van der Waals surface area contributed by atoms with Crippen LogP contribution in [0.1, 0.15) is 53.9 Å². The van der Waals surface area contributed by atoms with Gasteiger partial charge in [0.15, 0.2) is 0 Å². The summed E-state index contributed by atoms with van der Waals surface area (Å²) in [6.45, 7) is 9.90. The second-order valence-corrected chi connectivity index (χ2v) is 5.24. The summed E-state index contributed by atoms with van der Waals surface area (Å²) in [5, 5.41) is 11.8. The lowest BCUT2D eigenvalue weighted by Gasteiger charge is -2.53. The Morgan fingerprint density at radius 2 is 1.93 bits per heavy atom. The molecule has 1 saturated heterocycles. The number of piperidine rings is 1. The van der Waals surface area contributed by atoms with E-state index in [9.17, 15) is 10.0 Å². The molecule has 0 aromatic carbocycles. The van der Waals surface area contributed by atoms with Crippen molar-refractivity contribution in [3.05, 3.63) is 0 Å². The molecular weight excluding hydrogens is 190 g/mol. The summed E-state index contributed by atoms with van der Waals surface area (Å²) in [5.74, 6) is 0.182. The highest BCUT2D eigenvalue weighted by Crippen LogP contribution is 2.42. The number of Topliss-reactive ketones (excluding diaryl/α,β-unsaturated/α-hetero) is 1. The molecule has 0 aliphatic carbocycles. The Morgan fingerprint density at radius 3 is 2.33 bits per heavy atom. The van der Waals surface area contributed by atoms with Crippen molar-refractivity contribution in [3.8, 4) is 0 Å². The topological polar surface area (TPSA) is 40.5 Å². The van der Waals surface area contributed by atoms with Crippen LogP contribution in [0.4, 0.5) is 0 Å². The molecule has 1 rings (SSSR count). The summed E-state index contributed by atoms with van der Waals surface area (Å²) < 4.78 is 0. The van der Waals surface area contributed by atoms with Gasteiger partial charge in [-0.1, -0.05) is 20.8 Å². The van der Waals surface area contributed by atoms with Gasteiger partial charge in [-0.05, 0) is 26.7 Å². The van der Waals surface area contributed by atoms with Crippen molar-refractivity contribution >= 4 is 5.78 Å². The third-order valence-electron chi connectivity index (χ3n) is 4.44. The average molecular weight is 213 g/mol. The van der Waals surface area contributed by atoms with Gasteiger partial charge in [0, 0.05) is 12.3 Å². The number of ketones is 1. The fourth-order valence-electron chi connectivity index (χ4n) is 2.48. The minimum Gasteiger partial charge on any atom is -0.313 e. The Bertz CT molecular complexity index is 266. The van der Waals surface area contributed by atoms with Crippen molar-refractivity contribution in [1.29, 1.82) is 0 Å². The van der Waals surface area contributed by atoms with Gasteiger partial charge in [0.2, 0.25) is 0 Å². The number of carbonyl (C=O) groups excluding carboxylic acids is 1. The number of hydroxylamine groups is 2. The summed E-state index contributed by atoms with van der Waals surface area (Å²) in [4.78, 5) is 12.0. The van der Waals surface area contributed by atoms with Gasteiger partial charge in [-0.25, -0.2) is 0 Å². The van der Waals surface area contributed by atoms with E-state index in [-0.39, 0.29) is 11.7 Å². The van der Waals surface area contributed by atoms with Gasteiger partial charge in [0.25, 0.3) is 0 Å². The van der Waals surface area contributed by atoms with Gasteiger partial charge in [-0.15, -0.1) is 0 Å². The van der Waals surface area contributed by atoms with Crippen LogP contribution in [0.2, 0.25) is 0 Å². The fraction of sp³-hybridized carbons (Fsp3) is 0.917. The van der Waals surface area contributed by atoms with Gasteiger partial charge in [0.05, 0.1) is 11.1 Å². The van der Waals surface area contributed by atoms with Crippen molar-refractivity contribution in [2.45, 2.75) is 65.0 Å². The molecule has 3 atom stereocenters. The zero-order valence-electron chi connectivity index (χ0n) is 10.5. The number of hydrogen-bond acceptors (Lipinski definition) is 3. The van der Waals surface area contributed by atoms with Crippen LogP contribution < -0.4 is 0 Å². The van der Waals surface area contributed by atoms with Crippen molar-refractivity contribution in [3.63, 3.8) is 0 Å². The first-order valence-corrected chi connectivity index (χ1v) is 5.83. The third-order valence-corrected chi connectivity index (χ3v) is 4.44. The summed E-state index contributed by atoms with van der Waals surface area (Å²) in [6, 6.07) is 0. The largest absolute Gasteiger partial charge is 0.313 e. The number of nitrogens with zero attached hydrogens (tertiary/aromatic N) is 1. The van der Waals surface area contributed by atoms with Crippen LogP contribution in [0.15, 0.2) is 0 Å². The summed E-state index contributed by atoms with van der Waals surface area (Å²) >= 11 is 0. The minimum absolute atomic E-state index is 0.0906. The molecule has 0 bridgehead atoms. The van der Waals surface area contributed by atoms with Crippen LogP contribution in [-0.4, -0.2) is 27.1 Å². The second kappa shape index (κ2) is 3.87. The molecule has 0 aromatic heterocycles. The smallest absolute Gasteiger partial charge is 0.139 e. The van der Waals surface area contributed by atoms with Crippen molar-refractivity contribution in [1.82, 2.24) is 5.06 Å². The Hall–Kier alpha value is -0.410. The maximum absolute atomic E-state index is 12.0. The molecule has 3 nitrogen and oxygen atoms in total. The Morgan fingerprint density at radius 1 is 1.40 bits per heavy atom. The van der Waals surface area contributed by atoms with Crippen LogP contribution in [0.5, 0.6) is 0 Å². The molecule has 1 aliphatic rings. The first-order chi connectivity index (χ1) is 6.81. The third kappa shape index (κ3) is 1.72. The fourth-order valence-corrected chi connectivity index (χ4v) is 2.48. The quantitative estimate of drug-likeness (QED) is 0.766. The SMILES string of the molecule is CCC1(C)CC(=O)C(C)C(C)(CC)N1O. The van der Waals surface area contributed by atoms with Gasteiger partial charge in [0.1, 0.15) is 5.78 Å². The molecule has 1 fully saturated rings. The highest BCUT2D eigenvalue weighted by molar-refractivity contribution is 5.84. The zero-order valence-corrected chi connectivity index (χ0v) is 10.5. The van der Waals surface area contributed by atoms with E-state index >= 15 is 0 Å². The molecule has 1 aliphatic heterocycles. The Balaban J connectivity index is 3.11. The standard InChI is InChI=1S/C12H23NO2/c1-6-11(4)8-10(14)9(3)12(5,7-2)13(11)15/h9,15H,6-8H2,1-5H3. The first-order valence-electron chi connectivity index (χ1n) is 5.83. The van der Waals surface area contributed by atoms with E-state index in [4.69, 9.17) is 0 Å². The molecule has 1 N–H and O–H groups in total. The number of carbonyl (C=O) groups is 1. The highest BCUT2D eigenvalue weighted by atomic mass is 16.5. The van der Waals surface area contributed by atoms with E-state index in [1.54, 1.807) is 0 Å². The maximum Gasteiger partial charge on any atom is 0.139 e. The molecule has 3 heteroatoms. The van der Waals surface area contributed by atoms with Crippen molar-refractivity contribution in [2.75, 3.05) is 0 Å². The minimum atomic E-state index is -0.417. The van der Waals surface area contributed by atoms with Crippen molar-refractivity contribution in [2.24, 2.45) is 5.92 Å². The lowest BCUT2D eigenvalue weighted by molar-refractivity contribution is -0.260. The van der Waals surface area contributed by atoms with E-state index < -0.39 is 11.1 Å². The molecule has 15 heavy (non-hydrogen) atoms. The van der Waals surface area contributed by atoms with E-state index in [1.165, 1.54) is 5.06 Å². The van der Waals surface area contributed by atoms with Crippen LogP contribution in [0.25, 0.3) is 0 Å². The van der Waals surface area contributed by atoms with Crippen LogP contribution in [-0.2, 0) is 4.79 Å². The molecule has 0 spiro atoms. The maximum atomic E-state index is 12.0. The summed E-state index contributed by atoms with van der Waals surface area (Å²) in [6.07, 6.45) is 2.03. The van der Waals surface area contributed by atoms with Crippen LogP contribution in [0.3, 0.4) is 0 Å². The predicted octanol–water partition coefficient (Wildman–Crippen LogP) is 2.62. The molecule has 0 saturated carbocycles. The van der Waals surface area contributed by atoms with E-state index in [0.29, 0.717) is 6.42 Å². The first kappa shape index (κ1) is 12.7. The van der Waals surface area contributed by atoms with Gasteiger partial charge >= 0.3 is 0 Å². The molecule has 0 radical (unpaired) electrons. The van der Waals surface area contributed by atoms with Gasteiger partial charge < -0.3 is 5.21 Å². The molecule has 0 amide bonds. The Kier molecular flexibility index (Phi) is 3.27. The average Bonchev–Trinajstić information content (AvgIpc) is 2.23. The van der Waals surface area contributed by atoms with Crippen molar-refractivity contribution < 1.29 is 10.0 Å². The zero-order chi connectivity index (χ0) is 11.9. The summed E-state index contributed by atoms with van der Waals surface area (Å²) in [5.41, 5.74) is -0.811. The van der Waals surface area contributed by atoms with Crippen LogP contribution in [0, 0.1) is 5.92 Å². The molecule has 1 heterocycles. The van der Waals surface area contributed by atoms with Crippen LogP contribution >= 0.6 is 0 Å².